The lowest BCUT2D eigenvalue weighted by atomic mass is 10.0. The predicted molar refractivity (Wildman–Crippen MR) is 91.6 cm³/mol. The van der Waals surface area contributed by atoms with Gasteiger partial charge in [-0.2, -0.15) is 0 Å². The number of nitrogens with one attached hydrogen (secondary N) is 3. The molecule has 1 aromatic heterocycles. The Hall–Kier alpha value is -2.53. The van der Waals surface area contributed by atoms with Crippen LogP contribution in [0.15, 0.2) is 18.2 Å². The highest BCUT2D eigenvalue weighted by molar-refractivity contribution is 6.36. The minimum atomic E-state index is -0.185. The lowest BCUT2D eigenvalue weighted by Gasteiger charge is -2.01. The first-order valence-electron chi connectivity index (χ1n) is 7.16. The maximum Gasteiger partial charge on any atom is 0.256 e. The number of anilines is 1. The normalized spacial score (nSPS) is 14.8. The van der Waals surface area contributed by atoms with Gasteiger partial charge >= 0.3 is 0 Å². The van der Waals surface area contributed by atoms with Crippen molar-refractivity contribution in [2.24, 2.45) is 0 Å². The van der Waals surface area contributed by atoms with Gasteiger partial charge in [-0.15, -0.1) is 0 Å². The average molecular weight is 330 g/mol. The van der Waals surface area contributed by atoms with Crippen LogP contribution < -0.4 is 10.6 Å². The van der Waals surface area contributed by atoms with Gasteiger partial charge in [-0.3, -0.25) is 9.59 Å². The van der Waals surface area contributed by atoms with E-state index >= 15 is 0 Å². The van der Waals surface area contributed by atoms with Gasteiger partial charge in [0.25, 0.3) is 11.8 Å². The number of aromatic nitrogens is 1. The predicted octanol–water partition coefficient (Wildman–Crippen LogP) is 3.14. The first kappa shape index (κ1) is 15.4. The number of benzene rings is 1. The average Bonchev–Trinajstić information content (AvgIpc) is 2.96. The highest BCUT2D eigenvalue weighted by atomic mass is 35.5. The van der Waals surface area contributed by atoms with Crippen LogP contribution in [0, 0.1) is 13.8 Å². The van der Waals surface area contributed by atoms with Crippen LogP contribution in [-0.2, 0) is 4.79 Å². The van der Waals surface area contributed by atoms with Gasteiger partial charge in [-0.05, 0) is 43.7 Å². The Labute approximate surface area is 138 Å². The van der Waals surface area contributed by atoms with Crippen molar-refractivity contribution < 1.29 is 9.59 Å². The van der Waals surface area contributed by atoms with Crippen LogP contribution in [0.5, 0.6) is 0 Å². The van der Waals surface area contributed by atoms with E-state index in [4.69, 9.17) is 11.6 Å². The van der Waals surface area contributed by atoms with Crippen molar-refractivity contribution in [3.63, 3.8) is 0 Å². The molecule has 0 unspecified atom stereocenters. The van der Waals surface area contributed by atoms with Gasteiger partial charge in [-0.1, -0.05) is 11.6 Å². The number of halogens is 1. The van der Waals surface area contributed by atoms with Crippen molar-refractivity contribution in [2.75, 3.05) is 12.4 Å². The van der Waals surface area contributed by atoms with Crippen LogP contribution in [0.4, 0.5) is 5.69 Å². The summed E-state index contributed by atoms with van der Waals surface area (Å²) in [6, 6.07) is 5.27. The molecule has 1 aromatic carbocycles. The second-order valence-electron chi connectivity index (χ2n) is 5.44. The third-order valence-corrected chi connectivity index (χ3v) is 4.22. The summed E-state index contributed by atoms with van der Waals surface area (Å²) in [7, 11) is 1.59. The van der Waals surface area contributed by atoms with Crippen LogP contribution in [-0.4, -0.2) is 23.8 Å². The molecule has 0 saturated heterocycles. The van der Waals surface area contributed by atoms with E-state index in [1.165, 1.54) is 0 Å². The Morgan fingerprint density at radius 3 is 2.74 bits per heavy atom. The van der Waals surface area contributed by atoms with Gasteiger partial charge in [0.1, 0.15) is 0 Å². The summed E-state index contributed by atoms with van der Waals surface area (Å²) in [5.41, 5.74) is 4.92. The third-order valence-electron chi connectivity index (χ3n) is 3.98. The zero-order chi connectivity index (χ0) is 16.7. The standard InChI is InChI=1S/C17H16ClN3O2/c1-8-14(20-9(2)15(8)17(23)19-3)7-12-11-6-10(18)4-5-13(11)21-16(12)22/h4-7,20H,1-3H3,(H,19,23)(H,21,22)/b12-7-. The molecule has 1 aliphatic heterocycles. The molecule has 2 aromatic rings. The number of carbonyl (C=O) groups is 2. The molecule has 1 aliphatic rings. The van der Waals surface area contributed by atoms with E-state index in [1.807, 2.05) is 13.8 Å². The van der Waals surface area contributed by atoms with E-state index in [-0.39, 0.29) is 11.8 Å². The molecule has 0 atom stereocenters. The van der Waals surface area contributed by atoms with Crippen LogP contribution in [0.1, 0.15) is 32.9 Å². The maximum absolute atomic E-state index is 12.2. The molecular formula is C17H16ClN3O2. The number of amides is 2. The van der Waals surface area contributed by atoms with Gasteiger partial charge in [0, 0.05) is 34.7 Å². The summed E-state index contributed by atoms with van der Waals surface area (Å²) in [6.07, 6.45) is 1.76. The molecule has 3 rings (SSSR count). The molecular weight excluding hydrogens is 314 g/mol. The number of aromatic amines is 1. The maximum atomic E-state index is 12.2. The number of aryl methyl sites for hydroxylation is 1. The lowest BCUT2D eigenvalue weighted by molar-refractivity contribution is -0.110. The number of H-pyrrole nitrogens is 1. The van der Waals surface area contributed by atoms with Crippen molar-refractivity contribution in [2.45, 2.75) is 13.8 Å². The first-order valence-corrected chi connectivity index (χ1v) is 7.54. The van der Waals surface area contributed by atoms with Gasteiger partial charge in [0.05, 0.1) is 11.1 Å². The van der Waals surface area contributed by atoms with Crippen LogP contribution >= 0.6 is 11.6 Å². The lowest BCUT2D eigenvalue weighted by Crippen LogP contribution is -2.19. The van der Waals surface area contributed by atoms with E-state index in [1.54, 1.807) is 31.3 Å². The Bertz CT molecular complexity index is 865. The minimum absolute atomic E-state index is 0.153. The largest absolute Gasteiger partial charge is 0.358 e. The van der Waals surface area contributed by atoms with Crippen molar-refractivity contribution in [1.29, 1.82) is 0 Å². The number of carbonyl (C=O) groups excluding carboxylic acids is 2. The number of fused-ring (bicyclic) bond motifs is 1. The van der Waals surface area contributed by atoms with Gasteiger partial charge in [-0.25, -0.2) is 0 Å². The summed E-state index contributed by atoms with van der Waals surface area (Å²) in [5.74, 6) is -0.337. The van der Waals surface area contributed by atoms with Crippen molar-refractivity contribution in [3.05, 3.63) is 51.3 Å². The molecule has 118 valence electrons. The molecule has 3 N–H and O–H groups in total. The van der Waals surface area contributed by atoms with E-state index in [0.29, 0.717) is 16.2 Å². The van der Waals surface area contributed by atoms with Crippen LogP contribution in [0.2, 0.25) is 5.02 Å². The second kappa shape index (κ2) is 5.59. The molecule has 0 radical (unpaired) electrons. The molecule has 0 saturated carbocycles. The summed E-state index contributed by atoms with van der Waals surface area (Å²) in [5, 5.41) is 6.00. The molecule has 2 heterocycles. The summed E-state index contributed by atoms with van der Waals surface area (Å²) < 4.78 is 0. The molecule has 2 amide bonds. The van der Waals surface area contributed by atoms with E-state index in [9.17, 15) is 9.59 Å². The Morgan fingerprint density at radius 2 is 2.04 bits per heavy atom. The highest BCUT2D eigenvalue weighted by Crippen LogP contribution is 2.35. The summed E-state index contributed by atoms with van der Waals surface area (Å²) in [6.45, 7) is 3.69. The van der Waals surface area contributed by atoms with Crippen molar-refractivity contribution in [3.8, 4) is 0 Å². The summed E-state index contributed by atoms with van der Waals surface area (Å²) in [4.78, 5) is 27.4. The zero-order valence-corrected chi connectivity index (χ0v) is 13.8. The SMILES string of the molecule is CNC(=O)c1c(C)[nH]c(/C=C2\C(=O)Nc3ccc(Cl)cc32)c1C. The molecule has 0 spiro atoms. The third kappa shape index (κ3) is 2.53. The topological polar surface area (TPSA) is 74.0 Å². The Kier molecular flexibility index (Phi) is 3.74. The number of hydrogen-bond donors (Lipinski definition) is 3. The molecule has 5 nitrogen and oxygen atoms in total. The fourth-order valence-electron chi connectivity index (χ4n) is 2.83. The van der Waals surface area contributed by atoms with Gasteiger partial charge in [0.2, 0.25) is 0 Å². The number of rotatable bonds is 2. The van der Waals surface area contributed by atoms with E-state index in [2.05, 4.69) is 15.6 Å². The van der Waals surface area contributed by atoms with Crippen LogP contribution in [0.3, 0.4) is 0 Å². The molecule has 6 heteroatoms. The minimum Gasteiger partial charge on any atom is -0.358 e. The smallest absolute Gasteiger partial charge is 0.256 e. The van der Waals surface area contributed by atoms with Crippen molar-refractivity contribution >= 4 is 40.8 Å². The van der Waals surface area contributed by atoms with Crippen molar-refractivity contribution in [1.82, 2.24) is 10.3 Å². The van der Waals surface area contributed by atoms with Gasteiger partial charge in [0.15, 0.2) is 0 Å². The van der Waals surface area contributed by atoms with Crippen LogP contribution in [0.25, 0.3) is 11.6 Å². The molecule has 0 bridgehead atoms. The summed E-state index contributed by atoms with van der Waals surface area (Å²) >= 11 is 6.03. The highest BCUT2D eigenvalue weighted by Gasteiger charge is 2.25. The number of hydrogen-bond acceptors (Lipinski definition) is 2. The van der Waals surface area contributed by atoms with E-state index in [0.717, 1.165) is 28.2 Å². The fraction of sp³-hybridized carbons (Fsp3) is 0.176. The second-order valence-corrected chi connectivity index (χ2v) is 5.88. The fourth-order valence-corrected chi connectivity index (χ4v) is 3.00. The molecule has 0 fully saturated rings. The zero-order valence-electron chi connectivity index (χ0n) is 13.0. The first-order chi connectivity index (χ1) is 10.9. The quantitative estimate of drug-likeness (QED) is 0.740. The monoisotopic (exact) mass is 329 g/mol. The molecule has 0 aliphatic carbocycles. The Morgan fingerprint density at radius 1 is 1.30 bits per heavy atom. The molecule has 23 heavy (non-hydrogen) atoms. The Balaban J connectivity index is 2.12. The van der Waals surface area contributed by atoms with Gasteiger partial charge < -0.3 is 15.6 Å². The van der Waals surface area contributed by atoms with E-state index < -0.39 is 0 Å².